The summed E-state index contributed by atoms with van der Waals surface area (Å²) in [5.41, 5.74) is 0.0609. The van der Waals surface area contributed by atoms with Crippen molar-refractivity contribution in [2.75, 3.05) is 13.2 Å². The van der Waals surface area contributed by atoms with Crippen LogP contribution in [0, 0.1) is 10.1 Å². The molecule has 6 aromatic rings. The monoisotopic (exact) mass is 983 g/mol. The van der Waals surface area contributed by atoms with Crippen LogP contribution in [-0.4, -0.2) is 120 Å². The van der Waals surface area contributed by atoms with Crippen LogP contribution in [0.3, 0.4) is 0 Å². The number of carbonyl (C=O) groups is 5. The number of benzene rings is 6. The number of non-ortho nitro benzene ring substituents is 1. The Balaban J connectivity index is 1.22. The van der Waals surface area contributed by atoms with Gasteiger partial charge in [0.15, 0.2) is 18.5 Å². The number of aliphatic hydroxyl groups excluding tert-OH is 2. The number of rotatable bonds is 17. The van der Waals surface area contributed by atoms with Gasteiger partial charge in [-0.2, -0.15) is 0 Å². The van der Waals surface area contributed by atoms with E-state index >= 15 is 0 Å². The van der Waals surface area contributed by atoms with Crippen LogP contribution in [0.4, 0.5) is 5.69 Å². The molecule has 19 nitrogen and oxygen atoms in total. The molecule has 370 valence electrons. The molecule has 2 N–H and O–H groups in total. The van der Waals surface area contributed by atoms with E-state index in [2.05, 4.69) is 0 Å². The first-order valence-corrected chi connectivity index (χ1v) is 22.4. The van der Waals surface area contributed by atoms with Gasteiger partial charge in [0, 0.05) is 12.1 Å². The summed E-state index contributed by atoms with van der Waals surface area (Å²) in [6.45, 7) is -1.40. The second-order valence-electron chi connectivity index (χ2n) is 16.2. The molecule has 0 spiro atoms. The summed E-state index contributed by atoms with van der Waals surface area (Å²) in [4.78, 5) is 79.7. The van der Waals surface area contributed by atoms with E-state index in [9.17, 15) is 44.3 Å². The molecule has 0 aliphatic carbocycles. The molecule has 19 heteroatoms. The van der Waals surface area contributed by atoms with Gasteiger partial charge in [0.2, 0.25) is 12.4 Å². The second-order valence-corrected chi connectivity index (χ2v) is 16.2. The molecule has 2 aliphatic heterocycles. The van der Waals surface area contributed by atoms with Crippen molar-refractivity contribution in [1.82, 2.24) is 0 Å². The fraction of sp³-hybridized carbons (Fsp3) is 0.226. The molecule has 6 aromatic carbocycles. The molecular formula is C53H45NO18. The van der Waals surface area contributed by atoms with E-state index in [4.69, 9.17) is 42.6 Å². The van der Waals surface area contributed by atoms with Crippen molar-refractivity contribution in [3.63, 3.8) is 0 Å². The summed E-state index contributed by atoms with van der Waals surface area (Å²) in [6.07, 6.45) is -18.3. The van der Waals surface area contributed by atoms with Crippen LogP contribution in [0.1, 0.15) is 51.8 Å². The van der Waals surface area contributed by atoms with E-state index < -0.39 is 109 Å². The van der Waals surface area contributed by atoms with Gasteiger partial charge >= 0.3 is 29.8 Å². The van der Waals surface area contributed by atoms with Crippen molar-refractivity contribution < 1.29 is 81.7 Å². The normalized spacial score (nSPS) is 23.6. The zero-order valence-electron chi connectivity index (χ0n) is 37.8. The minimum atomic E-state index is -2.02. The van der Waals surface area contributed by atoms with Crippen LogP contribution in [0.15, 0.2) is 176 Å². The number of nitro groups is 1. The Bertz CT molecular complexity index is 2780. The minimum absolute atomic E-state index is 0.0122. The Morgan fingerprint density at radius 3 is 1.25 bits per heavy atom. The number of carbonyl (C=O) groups excluding carboxylic acids is 5. The van der Waals surface area contributed by atoms with Crippen molar-refractivity contribution in [2.24, 2.45) is 0 Å². The Hall–Kier alpha value is -8.33. The summed E-state index contributed by atoms with van der Waals surface area (Å²) in [5.74, 6) is -4.67. The SMILES string of the molecule is O=C(OC[C@H]1O[C@@H](O[C@H]2[C@H](OC(=O)c3ccccc3)[C@@H](OC(=O)c3ccccc3)[C@H](Oc3ccc([N+](=O)[O-])cc3)O[C@@H]2COC(=O)c2ccccc2)[C@H](OC(=O)c2ccccc2)[C@@H](O)[C@H]1O)c1ccccc1. The van der Waals surface area contributed by atoms with Crippen molar-refractivity contribution in [3.05, 3.63) is 214 Å². The molecule has 0 unspecified atom stereocenters. The van der Waals surface area contributed by atoms with E-state index in [-0.39, 0.29) is 39.3 Å². The fourth-order valence-corrected chi connectivity index (χ4v) is 7.67. The lowest BCUT2D eigenvalue weighted by Crippen LogP contribution is -2.67. The molecule has 0 amide bonds. The highest BCUT2D eigenvalue weighted by molar-refractivity contribution is 5.91. The quantitative estimate of drug-likeness (QED) is 0.0465. The fourth-order valence-electron chi connectivity index (χ4n) is 7.67. The Morgan fingerprint density at radius 2 is 0.819 bits per heavy atom. The lowest BCUT2D eigenvalue weighted by Gasteiger charge is -2.48. The van der Waals surface area contributed by atoms with Gasteiger partial charge in [-0.15, -0.1) is 0 Å². The molecule has 2 saturated heterocycles. The Morgan fingerprint density at radius 1 is 0.444 bits per heavy atom. The van der Waals surface area contributed by atoms with E-state index in [0.717, 1.165) is 12.1 Å². The molecule has 2 fully saturated rings. The molecule has 0 radical (unpaired) electrons. The summed E-state index contributed by atoms with van der Waals surface area (Å²) < 4.78 is 55.1. The molecule has 2 heterocycles. The average Bonchev–Trinajstić information content (AvgIpc) is 3.42. The van der Waals surface area contributed by atoms with Gasteiger partial charge in [-0.3, -0.25) is 10.1 Å². The van der Waals surface area contributed by atoms with Crippen molar-refractivity contribution in [3.8, 4) is 5.75 Å². The Labute approximate surface area is 410 Å². The third-order valence-electron chi connectivity index (χ3n) is 11.4. The maximum atomic E-state index is 14.3. The zero-order chi connectivity index (χ0) is 50.6. The maximum Gasteiger partial charge on any atom is 0.338 e. The number of nitro benzene ring substituents is 1. The van der Waals surface area contributed by atoms with Crippen LogP contribution >= 0.6 is 0 Å². The molecule has 0 bridgehead atoms. The number of hydrogen-bond acceptors (Lipinski definition) is 18. The highest BCUT2D eigenvalue weighted by Crippen LogP contribution is 2.36. The zero-order valence-corrected chi connectivity index (χ0v) is 37.8. The van der Waals surface area contributed by atoms with E-state index in [1.807, 2.05) is 0 Å². The maximum absolute atomic E-state index is 14.3. The highest BCUT2D eigenvalue weighted by atomic mass is 16.8. The van der Waals surface area contributed by atoms with E-state index in [1.54, 1.807) is 91.0 Å². The summed E-state index contributed by atoms with van der Waals surface area (Å²) in [5, 5.41) is 34.9. The molecule has 72 heavy (non-hydrogen) atoms. The first-order valence-electron chi connectivity index (χ1n) is 22.4. The predicted molar refractivity (Wildman–Crippen MR) is 248 cm³/mol. The number of esters is 5. The van der Waals surface area contributed by atoms with Gasteiger partial charge in [-0.1, -0.05) is 91.0 Å². The molecule has 0 saturated carbocycles. The van der Waals surface area contributed by atoms with Crippen molar-refractivity contribution in [1.29, 1.82) is 0 Å². The minimum Gasteiger partial charge on any atom is -0.461 e. The largest absolute Gasteiger partial charge is 0.461 e. The first kappa shape index (κ1) is 50.1. The average molecular weight is 984 g/mol. The van der Waals surface area contributed by atoms with Crippen LogP contribution in [0.25, 0.3) is 0 Å². The third-order valence-corrected chi connectivity index (χ3v) is 11.4. The highest BCUT2D eigenvalue weighted by Gasteiger charge is 2.57. The second kappa shape index (κ2) is 23.5. The predicted octanol–water partition coefficient (Wildman–Crippen LogP) is 5.92. The van der Waals surface area contributed by atoms with Crippen molar-refractivity contribution >= 4 is 35.5 Å². The molecule has 0 aromatic heterocycles. The van der Waals surface area contributed by atoms with Gasteiger partial charge in [0.25, 0.3) is 5.69 Å². The smallest absolute Gasteiger partial charge is 0.338 e. The van der Waals surface area contributed by atoms with Crippen molar-refractivity contribution in [2.45, 2.75) is 61.4 Å². The number of hydrogen-bond donors (Lipinski definition) is 2. The van der Waals surface area contributed by atoms with Crippen LogP contribution in [0.5, 0.6) is 5.75 Å². The first-order chi connectivity index (χ1) is 34.9. The van der Waals surface area contributed by atoms with E-state index in [0.29, 0.717) is 0 Å². The topological polar surface area (TPSA) is 252 Å². The van der Waals surface area contributed by atoms with Gasteiger partial charge in [0.05, 0.1) is 32.7 Å². The summed E-state index contributed by atoms with van der Waals surface area (Å²) in [6, 6.07) is 43.5. The summed E-state index contributed by atoms with van der Waals surface area (Å²) in [7, 11) is 0. The van der Waals surface area contributed by atoms with E-state index in [1.165, 1.54) is 72.8 Å². The van der Waals surface area contributed by atoms with Crippen LogP contribution in [-0.2, 0) is 37.9 Å². The molecule has 2 aliphatic rings. The van der Waals surface area contributed by atoms with Crippen LogP contribution in [0.2, 0.25) is 0 Å². The van der Waals surface area contributed by atoms with Gasteiger partial charge in [0.1, 0.15) is 49.5 Å². The number of ether oxygens (including phenoxy) is 9. The van der Waals surface area contributed by atoms with Gasteiger partial charge < -0.3 is 52.8 Å². The third kappa shape index (κ3) is 12.3. The van der Waals surface area contributed by atoms with Gasteiger partial charge in [-0.25, -0.2) is 24.0 Å². The lowest BCUT2D eigenvalue weighted by molar-refractivity contribution is -0.384. The Kier molecular flexibility index (Phi) is 16.4. The molecule has 10 atom stereocenters. The standard InChI is InChI=1S/C53H45NO18/c55-41-39(30-64-47(57)32-16-6-1-7-17-32)67-52(44(42(41)56)69-49(59)34-20-10-3-11-21-34)72-43-40(31-65-48(58)33-18-8-2-9-19-33)68-53(66-38-28-26-37(27-29-38)54(62)63)46(71-51(61)36-24-14-5-15-25-36)45(43)70-50(60)35-22-12-4-13-23-35/h1-29,39-46,52-53,55-56H,30-31H2/t39-,40-,41+,42+,43-,44-,45+,46-,52+,53-/m1/s1. The number of aliphatic hydroxyl groups is 2. The molecular weight excluding hydrogens is 939 g/mol. The lowest BCUT2D eigenvalue weighted by atomic mass is 9.96. The molecule has 8 rings (SSSR count). The number of nitrogens with zero attached hydrogens (tertiary/aromatic N) is 1. The van der Waals surface area contributed by atoms with Gasteiger partial charge in [-0.05, 0) is 72.8 Å². The summed E-state index contributed by atoms with van der Waals surface area (Å²) >= 11 is 0. The van der Waals surface area contributed by atoms with Crippen LogP contribution < -0.4 is 4.74 Å².